The SMILES string of the molecule is CNCC(C)SCC1CCCC1. The highest BCUT2D eigenvalue weighted by Crippen LogP contribution is 2.28. The highest BCUT2D eigenvalue weighted by molar-refractivity contribution is 7.99. The summed E-state index contributed by atoms with van der Waals surface area (Å²) in [6.45, 7) is 3.47. The maximum Gasteiger partial charge on any atom is 0.0144 e. The molecule has 1 unspecified atom stereocenters. The monoisotopic (exact) mass is 187 g/mol. The Bertz CT molecular complexity index is 110. The highest BCUT2D eigenvalue weighted by Gasteiger charge is 2.15. The summed E-state index contributed by atoms with van der Waals surface area (Å²) in [5, 5.41) is 4.01. The van der Waals surface area contributed by atoms with E-state index in [-0.39, 0.29) is 0 Å². The van der Waals surface area contributed by atoms with Crippen molar-refractivity contribution in [3.05, 3.63) is 0 Å². The van der Waals surface area contributed by atoms with Crippen molar-refractivity contribution in [3.8, 4) is 0 Å². The number of hydrogen-bond acceptors (Lipinski definition) is 2. The second-order valence-electron chi connectivity index (χ2n) is 3.85. The second kappa shape index (κ2) is 5.87. The summed E-state index contributed by atoms with van der Waals surface area (Å²) in [4.78, 5) is 0. The third-order valence-electron chi connectivity index (χ3n) is 2.58. The molecule has 0 spiro atoms. The number of rotatable bonds is 5. The Morgan fingerprint density at radius 2 is 2.08 bits per heavy atom. The third-order valence-corrected chi connectivity index (χ3v) is 3.98. The molecule has 0 bridgehead atoms. The Morgan fingerprint density at radius 3 is 2.67 bits per heavy atom. The molecule has 1 nitrogen and oxygen atoms in total. The summed E-state index contributed by atoms with van der Waals surface area (Å²) in [6, 6.07) is 0. The fraction of sp³-hybridized carbons (Fsp3) is 1.00. The van der Waals surface area contributed by atoms with Crippen molar-refractivity contribution < 1.29 is 0 Å². The Hall–Kier alpha value is 0.310. The van der Waals surface area contributed by atoms with Crippen LogP contribution in [0.4, 0.5) is 0 Å². The smallest absolute Gasteiger partial charge is 0.0144 e. The zero-order valence-electron chi connectivity index (χ0n) is 8.31. The van der Waals surface area contributed by atoms with Gasteiger partial charge in [-0.2, -0.15) is 11.8 Å². The summed E-state index contributed by atoms with van der Waals surface area (Å²) in [5.74, 6) is 2.43. The summed E-state index contributed by atoms with van der Waals surface area (Å²) >= 11 is 2.14. The predicted octanol–water partition coefficient (Wildman–Crippen LogP) is 2.52. The standard InChI is InChI=1S/C10H21NS/c1-9(7-11-2)12-8-10-5-3-4-6-10/h9-11H,3-8H2,1-2H3. The van der Waals surface area contributed by atoms with Crippen LogP contribution in [-0.2, 0) is 0 Å². The molecule has 0 aromatic carbocycles. The zero-order valence-corrected chi connectivity index (χ0v) is 9.12. The van der Waals surface area contributed by atoms with Crippen molar-refractivity contribution in [2.24, 2.45) is 5.92 Å². The molecule has 1 N–H and O–H groups in total. The van der Waals surface area contributed by atoms with Gasteiger partial charge >= 0.3 is 0 Å². The van der Waals surface area contributed by atoms with Gasteiger partial charge in [0.05, 0.1) is 0 Å². The van der Waals surface area contributed by atoms with Crippen LogP contribution in [0.25, 0.3) is 0 Å². The quantitative estimate of drug-likeness (QED) is 0.710. The molecule has 0 aromatic heterocycles. The summed E-state index contributed by atoms with van der Waals surface area (Å²) in [7, 11) is 2.03. The number of hydrogen-bond donors (Lipinski definition) is 1. The third kappa shape index (κ3) is 3.81. The van der Waals surface area contributed by atoms with Crippen molar-refractivity contribution in [1.82, 2.24) is 5.32 Å². The largest absolute Gasteiger partial charge is 0.319 e. The fourth-order valence-electron chi connectivity index (χ4n) is 1.82. The van der Waals surface area contributed by atoms with E-state index in [1.807, 2.05) is 7.05 Å². The van der Waals surface area contributed by atoms with Gasteiger partial charge in [-0.3, -0.25) is 0 Å². The van der Waals surface area contributed by atoms with Gasteiger partial charge in [0, 0.05) is 11.8 Å². The van der Waals surface area contributed by atoms with Crippen LogP contribution in [0.5, 0.6) is 0 Å². The van der Waals surface area contributed by atoms with E-state index in [4.69, 9.17) is 0 Å². The van der Waals surface area contributed by atoms with Crippen molar-refractivity contribution in [2.75, 3.05) is 19.3 Å². The Balaban J connectivity index is 1.99. The molecule has 1 saturated carbocycles. The Kier molecular flexibility index (Phi) is 5.08. The lowest BCUT2D eigenvalue weighted by Gasteiger charge is -2.13. The van der Waals surface area contributed by atoms with Crippen LogP contribution in [-0.4, -0.2) is 24.6 Å². The van der Waals surface area contributed by atoms with Crippen LogP contribution in [0.3, 0.4) is 0 Å². The molecular formula is C10H21NS. The molecule has 0 aromatic rings. The van der Waals surface area contributed by atoms with E-state index in [2.05, 4.69) is 24.0 Å². The molecule has 1 aliphatic carbocycles. The van der Waals surface area contributed by atoms with Crippen molar-refractivity contribution in [1.29, 1.82) is 0 Å². The average Bonchev–Trinajstić information content (AvgIpc) is 2.53. The first kappa shape index (κ1) is 10.4. The first-order chi connectivity index (χ1) is 5.83. The minimum absolute atomic E-state index is 0.788. The number of thioether (sulfide) groups is 1. The van der Waals surface area contributed by atoms with Gasteiger partial charge in [0.1, 0.15) is 0 Å². The molecule has 1 atom stereocenters. The van der Waals surface area contributed by atoms with E-state index < -0.39 is 0 Å². The van der Waals surface area contributed by atoms with Gasteiger partial charge in [-0.1, -0.05) is 19.8 Å². The molecule has 0 amide bonds. The van der Waals surface area contributed by atoms with E-state index in [1.165, 1.54) is 31.4 Å². The molecule has 1 aliphatic rings. The normalized spacial score (nSPS) is 21.5. The molecule has 72 valence electrons. The molecule has 0 saturated heterocycles. The predicted molar refractivity (Wildman–Crippen MR) is 57.8 cm³/mol. The second-order valence-corrected chi connectivity index (χ2v) is 5.32. The molecular weight excluding hydrogens is 166 g/mol. The van der Waals surface area contributed by atoms with E-state index in [1.54, 1.807) is 0 Å². The maximum absolute atomic E-state index is 3.22. The lowest BCUT2D eigenvalue weighted by atomic mass is 10.1. The minimum Gasteiger partial charge on any atom is -0.319 e. The summed E-state index contributed by atoms with van der Waals surface area (Å²) in [5.41, 5.74) is 0. The van der Waals surface area contributed by atoms with Crippen LogP contribution in [0.15, 0.2) is 0 Å². The van der Waals surface area contributed by atoms with Crippen LogP contribution >= 0.6 is 11.8 Å². The van der Waals surface area contributed by atoms with Crippen molar-refractivity contribution >= 4 is 11.8 Å². The molecule has 12 heavy (non-hydrogen) atoms. The molecule has 0 heterocycles. The average molecular weight is 187 g/mol. The van der Waals surface area contributed by atoms with Crippen LogP contribution < -0.4 is 5.32 Å². The van der Waals surface area contributed by atoms with Gasteiger partial charge in [0.25, 0.3) is 0 Å². The first-order valence-corrected chi connectivity index (χ1v) is 6.14. The molecule has 1 rings (SSSR count). The summed E-state index contributed by atoms with van der Waals surface area (Å²) in [6.07, 6.45) is 5.93. The molecule has 0 aliphatic heterocycles. The first-order valence-electron chi connectivity index (χ1n) is 5.09. The number of nitrogens with one attached hydrogen (secondary N) is 1. The highest BCUT2D eigenvalue weighted by atomic mass is 32.2. The van der Waals surface area contributed by atoms with Crippen molar-refractivity contribution in [3.63, 3.8) is 0 Å². The van der Waals surface area contributed by atoms with Crippen LogP contribution in [0, 0.1) is 5.92 Å². The van der Waals surface area contributed by atoms with Gasteiger partial charge in [0.2, 0.25) is 0 Å². The molecule has 2 heteroatoms. The topological polar surface area (TPSA) is 12.0 Å². The fourth-order valence-corrected chi connectivity index (χ4v) is 3.04. The summed E-state index contributed by atoms with van der Waals surface area (Å²) < 4.78 is 0. The van der Waals surface area contributed by atoms with E-state index in [0.29, 0.717) is 0 Å². The van der Waals surface area contributed by atoms with E-state index >= 15 is 0 Å². The van der Waals surface area contributed by atoms with Crippen LogP contribution in [0.2, 0.25) is 0 Å². The molecule has 0 radical (unpaired) electrons. The van der Waals surface area contributed by atoms with Crippen LogP contribution in [0.1, 0.15) is 32.6 Å². The lowest BCUT2D eigenvalue weighted by molar-refractivity contribution is 0.621. The lowest BCUT2D eigenvalue weighted by Crippen LogP contribution is -2.19. The maximum atomic E-state index is 3.22. The van der Waals surface area contributed by atoms with Gasteiger partial charge < -0.3 is 5.32 Å². The Labute approximate surface area is 80.7 Å². The van der Waals surface area contributed by atoms with E-state index in [0.717, 1.165) is 17.7 Å². The Morgan fingerprint density at radius 1 is 1.42 bits per heavy atom. The minimum atomic E-state index is 0.788. The zero-order chi connectivity index (χ0) is 8.81. The van der Waals surface area contributed by atoms with Gasteiger partial charge in [-0.25, -0.2) is 0 Å². The van der Waals surface area contributed by atoms with Gasteiger partial charge in [-0.15, -0.1) is 0 Å². The van der Waals surface area contributed by atoms with E-state index in [9.17, 15) is 0 Å². The molecule has 1 fully saturated rings. The van der Waals surface area contributed by atoms with Gasteiger partial charge in [-0.05, 0) is 31.6 Å². The van der Waals surface area contributed by atoms with Crippen molar-refractivity contribution in [2.45, 2.75) is 37.9 Å². The van der Waals surface area contributed by atoms with Gasteiger partial charge in [0.15, 0.2) is 0 Å².